The first kappa shape index (κ1) is 20.6. The fourth-order valence-corrected chi connectivity index (χ4v) is 3.32. The number of carbonyl (C=O) groups excluding carboxylic acids is 1. The van der Waals surface area contributed by atoms with E-state index in [1.807, 2.05) is 20.8 Å². The van der Waals surface area contributed by atoms with Gasteiger partial charge in [0.15, 0.2) is 0 Å². The largest absolute Gasteiger partial charge is 0.444 e. The predicted molar refractivity (Wildman–Crippen MR) is 93.8 cm³/mol. The third kappa shape index (κ3) is 5.37. The highest BCUT2D eigenvalue weighted by atomic mass is 19.4. The maximum Gasteiger partial charge on any atom is 0.416 e. The van der Waals surface area contributed by atoms with Crippen molar-refractivity contribution in [3.8, 4) is 0 Å². The molecule has 2 rings (SSSR count). The second-order valence-corrected chi connectivity index (χ2v) is 7.69. The van der Waals surface area contributed by atoms with E-state index in [4.69, 9.17) is 4.74 Å². The van der Waals surface area contributed by atoms with E-state index >= 15 is 0 Å². The molecule has 146 valence electrons. The van der Waals surface area contributed by atoms with Gasteiger partial charge in [0, 0.05) is 19.1 Å². The minimum absolute atomic E-state index is 0.155. The lowest BCUT2D eigenvalue weighted by Crippen LogP contribution is -2.43. The number of piperidine rings is 1. The lowest BCUT2D eigenvalue weighted by Gasteiger charge is -2.37. The van der Waals surface area contributed by atoms with Crippen LogP contribution in [-0.4, -0.2) is 36.7 Å². The molecule has 1 unspecified atom stereocenters. The first-order valence-electron chi connectivity index (χ1n) is 8.83. The molecule has 1 aromatic carbocycles. The first-order valence-corrected chi connectivity index (χ1v) is 8.83. The van der Waals surface area contributed by atoms with Gasteiger partial charge in [-0.05, 0) is 64.3 Å². The van der Waals surface area contributed by atoms with Crippen molar-refractivity contribution in [2.75, 3.05) is 20.1 Å². The third-order valence-electron chi connectivity index (χ3n) is 4.55. The number of amides is 1. The van der Waals surface area contributed by atoms with E-state index in [0.717, 1.165) is 6.07 Å². The Labute approximate surface area is 152 Å². The molecule has 0 aromatic heterocycles. The fourth-order valence-electron chi connectivity index (χ4n) is 3.32. The summed E-state index contributed by atoms with van der Waals surface area (Å²) in [5, 5.41) is 3.15. The molecule has 1 fully saturated rings. The number of hydrogen-bond acceptors (Lipinski definition) is 3. The molecule has 26 heavy (non-hydrogen) atoms. The number of likely N-dealkylation sites (tertiary alicyclic amines) is 1. The van der Waals surface area contributed by atoms with Crippen molar-refractivity contribution in [2.24, 2.45) is 5.92 Å². The predicted octanol–water partition coefficient (Wildman–Crippen LogP) is 4.61. The number of nitrogens with zero attached hydrogens (tertiary/aromatic N) is 1. The smallest absolute Gasteiger partial charge is 0.416 e. The Balaban J connectivity index is 2.04. The summed E-state index contributed by atoms with van der Waals surface area (Å²) in [6.45, 7) is 6.54. The molecule has 0 spiro atoms. The van der Waals surface area contributed by atoms with Crippen LogP contribution in [0.25, 0.3) is 0 Å². The maximum absolute atomic E-state index is 13.0. The molecule has 1 aromatic rings. The molecule has 1 aliphatic heterocycles. The van der Waals surface area contributed by atoms with Crippen LogP contribution in [0.3, 0.4) is 0 Å². The van der Waals surface area contributed by atoms with Crippen molar-refractivity contribution in [3.63, 3.8) is 0 Å². The number of hydrogen-bond donors (Lipinski definition) is 1. The molecule has 1 aliphatic rings. The van der Waals surface area contributed by atoms with Crippen LogP contribution in [0.5, 0.6) is 0 Å². The molecular weight excluding hydrogens is 345 g/mol. The van der Waals surface area contributed by atoms with Gasteiger partial charge in [0.2, 0.25) is 0 Å². The Hall–Kier alpha value is -1.76. The van der Waals surface area contributed by atoms with E-state index in [1.165, 1.54) is 12.1 Å². The highest BCUT2D eigenvalue weighted by molar-refractivity contribution is 5.68. The number of halogens is 3. The van der Waals surface area contributed by atoms with Gasteiger partial charge in [0.05, 0.1) is 5.56 Å². The van der Waals surface area contributed by atoms with E-state index in [2.05, 4.69) is 5.32 Å². The lowest BCUT2D eigenvalue weighted by atomic mass is 9.85. The third-order valence-corrected chi connectivity index (χ3v) is 4.55. The van der Waals surface area contributed by atoms with Gasteiger partial charge in [-0.25, -0.2) is 4.79 Å². The van der Waals surface area contributed by atoms with Crippen molar-refractivity contribution in [1.82, 2.24) is 10.2 Å². The van der Waals surface area contributed by atoms with E-state index in [0.29, 0.717) is 31.5 Å². The van der Waals surface area contributed by atoms with Crippen LogP contribution in [0.1, 0.15) is 50.8 Å². The van der Waals surface area contributed by atoms with Crippen LogP contribution in [0.2, 0.25) is 0 Å². The van der Waals surface area contributed by atoms with Crippen LogP contribution in [-0.2, 0) is 10.9 Å². The molecule has 1 atom stereocenters. The van der Waals surface area contributed by atoms with Crippen LogP contribution in [0.4, 0.5) is 18.0 Å². The lowest BCUT2D eigenvalue weighted by molar-refractivity contribution is -0.137. The zero-order chi connectivity index (χ0) is 19.5. The van der Waals surface area contributed by atoms with Gasteiger partial charge in [-0.1, -0.05) is 12.1 Å². The monoisotopic (exact) mass is 372 g/mol. The van der Waals surface area contributed by atoms with E-state index in [1.54, 1.807) is 18.0 Å². The number of ether oxygens (including phenoxy) is 1. The second-order valence-electron chi connectivity index (χ2n) is 7.69. The maximum atomic E-state index is 13.0. The summed E-state index contributed by atoms with van der Waals surface area (Å²) in [5.41, 5.74) is -0.557. The van der Waals surface area contributed by atoms with Gasteiger partial charge >= 0.3 is 12.3 Å². The fraction of sp³-hybridized carbons (Fsp3) is 0.632. The average Bonchev–Trinajstić information content (AvgIpc) is 2.54. The summed E-state index contributed by atoms with van der Waals surface area (Å²) >= 11 is 0. The topological polar surface area (TPSA) is 41.6 Å². The summed E-state index contributed by atoms with van der Waals surface area (Å²) in [6, 6.07) is 5.27. The number of carbonyl (C=O) groups is 1. The van der Waals surface area contributed by atoms with Crippen molar-refractivity contribution in [1.29, 1.82) is 0 Å². The molecular formula is C19H27F3N2O2. The van der Waals surface area contributed by atoms with Crippen LogP contribution < -0.4 is 5.32 Å². The molecule has 1 saturated heterocycles. The quantitative estimate of drug-likeness (QED) is 0.842. The number of rotatable bonds is 3. The summed E-state index contributed by atoms with van der Waals surface area (Å²) in [4.78, 5) is 13.8. The zero-order valence-electron chi connectivity index (χ0n) is 15.7. The Morgan fingerprint density at radius 2 is 1.85 bits per heavy atom. The van der Waals surface area contributed by atoms with E-state index in [-0.39, 0.29) is 18.1 Å². The summed E-state index contributed by atoms with van der Waals surface area (Å²) in [5.74, 6) is 0.155. The minimum atomic E-state index is -4.35. The highest BCUT2D eigenvalue weighted by Gasteiger charge is 2.33. The number of alkyl halides is 3. The van der Waals surface area contributed by atoms with E-state index < -0.39 is 17.3 Å². The Kier molecular flexibility index (Phi) is 6.21. The second kappa shape index (κ2) is 7.86. The van der Waals surface area contributed by atoms with Gasteiger partial charge in [-0.15, -0.1) is 0 Å². The van der Waals surface area contributed by atoms with Crippen molar-refractivity contribution in [2.45, 2.75) is 51.4 Å². The van der Waals surface area contributed by atoms with Gasteiger partial charge in [-0.2, -0.15) is 13.2 Å². The molecule has 4 nitrogen and oxygen atoms in total. The molecule has 7 heteroatoms. The van der Waals surface area contributed by atoms with Crippen molar-refractivity contribution >= 4 is 6.09 Å². The number of nitrogens with one attached hydrogen (secondary N) is 1. The SMILES string of the molecule is CNC(c1cccc(C(F)(F)F)c1)C1CCN(C(=O)OC(C)(C)C)CC1. The average molecular weight is 372 g/mol. The van der Waals surface area contributed by atoms with E-state index in [9.17, 15) is 18.0 Å². The normalized spacial score (nSPS) is 17.9. The molecule has 1 amide bonds. The van der Waals surface area contributed by atoms with Crippen LogP contribution in [0.15, 0.2) is 24.3 Å². The van der Waals surface area contributed by atoms with Gasteiger partial charge in [0.1, 0.15) is 5.60 Å². The van der Waals surface area contributed by atoms with Gasteiger partial charge in [0.25, 0.3) is 0 Å². The van der Waals surface area contributed by atoms with Crippen LogP contribution in [0, 0.1) is 5.92 Å². The molecule has 1 N–H and O–H groups in total. The summed E-state index contributed by atoms with van der Waals surface area (Å²) in [6.07, 6.45) is -3.27. The Morgan fingerprint density at radius 1 is 1.23 bits per heavy atom. The first-order chi connectivity index (χ1) is 12.0. The highest BCUT2D eigenvalue weighted by Crippen LogP contribution is 2.35. The van der Waals surface area contributed by atoms with Gasteiger partial charge in [-0.3, -0.25) is 0 Å². The minimum Gasteiger partial charge on any atom is -0.444 e. The number of benzene rings is 1. The molecule has 0 bridgehead atoms. The standard InChI is InChI=1S/C19H27F3N2O2/c1-18(2,3)26-17(25)24-10-8-13(9-11-24)16(23-4)14-6-5-7-15(12-14)19(20,21)22/h5-7,12-13,16,23H,8-11H2,1-4H3. The van der Waals surface area contributed by atoms with Crippen molar-refractivity contribution < 1.29 is 22.7 Å². The Morgan fingerprint density at radius 3 is 2.35 bits per heavy atom. The van der Waals surface area contributed by atoms with Crippen molar-refractivity contribution in [3.05, 3.63) is 35.4 Å². The molecule has 0 aliphatic carbocycles. The summed E-state index contributed by atoms with van der Waals surface area (Å²) < 4.78 is 44.3. The Bertz CT molecular complexity index is 618. The van der Waals surface area contributed by atoms with Gasteiger partial charge < -0.3 is 15.0 Å². The molecule has 0 saturated carbocycles. The molecule has 0 radical (unpaired) electrons. The summed E-state index contributed by atoms with van der Waals surface area (Å²) in [7, 11) is 1.76. The molecule has 1 heterocycles. The van der Waals surface area contributed by atoms with Crippen LogP contribution >= 0.6 is 0 Å². The zero-order valence-corrected chi connectivity index (χ0v) is 15.7.